The highest BCUT2D eigenvalue weighted by Gasteiger charge is 2.24. The van der Waals surface area contributed by atoms with Gasteiger partial charge >= 0.3 is 0 Å². The number of hydrogen-bond acceptors (Lipinski definition) is 4. The lowest BCUT2D eigenvalue weighted by Crippen LogP contribution is -2.37. The zero-order valence-corrected chi connectivity index (χ0v) is 16.9. The standard InChI is InChI=1S/C21H29N3O2S/c1-16(2)27(25,26)22-15-17-11-13-19(14-12-17)23-21-10-6-9-20(24-21)18-7-4-3-5-8-18/h3-10,16-17,19,22H,11-15H2,1-2H3,(H,23,24)/t17-,19-. The summed E-state index contributed by atoms with van der Waals surface area (Å²) in [6, 6.07) is 16.6. The third-order valence-electron chi connectivity index (χ3n) is 5.21. The Hall–Kier alpha value is -1.92. The number of hydrogen-bond donors (Lipinski definition) is 2. The lowest BCUT2D eigenvalue weighted by atomic mass is 9.86. The minimum Gasteiger partial charge on any atom is -0.367 e. The van der Waals surface area contributed by atoms with Crippen molar-refractivity contribution in [1.82, 2.24) is 9.71 Å². The number of pyridine rings is 1. The molecule has 0 saturated heterocycles. The van der Waals surface area contributed by atoms with E-state index in [1.165, 1.54) is 0 Å². The summed E-state index contributed by atoms with van der Waals surface area (Å²) in [4.78, 5) is 4.74. The fourth-order valence-corrected chi connectivity index (χ4v) is 4.21. The molecule has 0 unspecified atom stereocenters. The summed E-state index contributed by atoms with van der Waals surface area (Å²) in [5, 5.41) is 3.18. The van der Waals surface area contributed by atoms with Crippen LogP contribution in [0.1, 0.15) is 39.5 Å². The molecule has 3 rings (SSSR count). The van der Waals surface area contributed by atoms with Crippen molar-refractivity contribution in [2.24, 2.45) is 5.92 Å². The molecule has 27 heavy (non-hydrogen) atoms. The number of sulfonamides is 1. The number of rotatable bonds is 7. The van der Waals surface area contributed by atoms with Gasteiger partial charge in [-0.1, -0.05) is 36.4 Å². The Labute approximate surface area is 162 Å². The smallest absolute Gasteiger partial charge is 0.213 e. The second-order valence-corrected chi connectivity index (χ2v) is 9.90. The molecule has 1 aliphatic carbocycles. The zero-order chi connectivity index (χ0) is 19.3. The predicted molar refractivity (Wildman–Crippen MR) is 111 cm³/mol. The maximum absolute atomic E-state index is 11.9. The van der Waals surface area contributed by atoms with Gasteiger partial charge in [-0.05, 0) is 57.6 Å². The summed E-state index contributed by atoms with van der Waals surface area (Å²) in [5.74, 6) is 1.32. The van der Waals surface area contributed by atoms with Crippen LogP contribution in [0.2, 0.25) is 0 Å². The number of nitrogens with zero attached hydrogens (tertiary/aromatic N) is 1. The number of nitrogens with one attached hydrogen (secondary N) is 2. The van der Waals surface area contributed by atoms with Crippen molar-refractivity contribution in [3.8, 4) is 11.3 Å². The Balaban J connectivity index is 1.51. The van der Waals surface area contributed by atoms with Crippen LogP contribution < -0.4 is 10.0 Å². The molecule has 0 spiro atoms. The SMILES string of the molecule is CC(C)S(=O)(=O)NC[C@H]1CC[C@H](Nc2cccc(-c3ccccc3)n2)CC1. The Morgan fingerprint density at radius 3 is 2.37 bits per heavy atom. The molecule has 2 N–H and O–H groups in total. The van der Waals surface area contributed by atoms with E-state index in [9.17, 15) is 8.42 Å². The third-order valence-corrected chi connectivity index (χ3v) is 7.02. The van der Waals surface area contributed by atoms with Crippen LogP contribution >= 0.6 is 0 Å². The first kappa shape index (κ1) is 19.8. The average Bonchev–Trinajstić information content (AvgIpc) is 2.68. The van der Waals surface area contributed by atoms with E-state index in [0.29, 0.717) is 18.5 Å². The molecular weight excluding hydrogens is 358 g/mol. The van der Waals surface area contributed by atoms with Crippen LogP contribution in [0.15, 0.2) is 48.5 Å². The normalized spacial score (nSPS) is 20.6. The topological polar surface area (TPSA) is 71.1 Å². The van der Waals surface area contributed by atoms with E-state index in [1.807, 2.05) is 36.4 Å². The molecule has 6 heteroatoms. The number of benzene rings is 1. The molecule has 0 radical (unpaired) electrons. The minimum atomic E-state index is -3.17. The van der Waals surface area contributed by atoms with Crippen molar-refractivity contribution in [2.75, 3.05) is 11.9 Å². The number of anilines is 1. The van der Waals surface area contributed by atoms with Gasteiger partial charge in [0.25, 0.3) is 0 Å². The Morgan fingerprint density at radius 1 is 1.00 bits per heavy atom. The van der Waals surface area contributed by atoms with Crippen LogP contribution in [0.4, 0.5) is 5.82 Å². The molecule has 1 heterocycles. The van der Waals surface area contributed by atoms with E-state index in [1.54, 1.807) is 13.8 Å². The van der Waals surface area contributed by atoms with E-state index in [-0.39, 0.29) is 5.25 Å². The van der Waals surface area contributed by atoms with Gasteiger partial charge in [0, 0.05) is 18.2 Å². The Morgan fingerprint density at radius 2 is 1.70 bits per heavy atom. The van der Waals surface area contributed by atoms with Crippen LogP contribution in [0.25, 0.3) is 11.3 Å². The summed E-state index contributed by atoms with van der Waals surface area (Å²) < 4.78 is 26.5. The van der Waals surface area contributed by atoms with Crippen molar-refractivity contribution in [2.45, 2.75) is 50.8 Å². The summed E-state index contributed by atoms with van der Waals surface area (Å²) in [6.45, 7) is 3.97. The summed E-state index contributed by atoms with van der Waals surface area (Å²) in [6.07, 6.45) is 4.12. The van der Waals surface area contributed by atoms with Crippen molar-refractivity contribution >= 4 is 15.8 Å². The van der Waals surface area contributed by atoms with E-state index >= 15 is 0 Å². The Bertz CT molecular complexity index is 830. The highest BCUT2D eigenvalue weighted by molar-refractivity contribution is 7.90. The van der Waals surface area contributed by atoms with Crippen LogP contribution in [0.3, 0.4) is 0 Å². The first-order chi connectivity index (χ1) is 12.9. The van der Waals surface area contributed by atoms with Gasteiger partial charge in [-0.15, -0.1) is 0 Å². The zero-order valence-electron chi connectivity index (χ0n) is 16.1. The van der Waals surface area contributed by atoms with Crippen molar-refractivity contribution in [1.29, 1.82) is 0 Å². The molecule has 2 aromatic rings. The molecule has 1 saturated carbocycles. The summed E-state index contributed by atoms with van der Waals surface area (Å²) >= 11 is 0. The van der Waals surface area contributed by atoms with Gasteiger partial charge in [-0.3, -0.25) is 0 Å². The maximum atomic E-state index is 11.9. The molecule has 0 atom stereocenters. The molecule has 146 valence electrons. The first-order valence-corrected chi connectivity index (χ1v) is 11.3. The summed E-state index contributed by atoms with van der Waals surface area (Å²) in [7, 11) is -3.17. The molecule has 1 aromatic heterocycles. The molecule has 1 fully saturated rings. The molecule has 0 bridgehead atoms. The molecule has 1 aromatic carbocycles. The average molecular weight is 388 g/mol. The highest BCUT2D eigenvalue weighted by Crippen LogP contribution is 2.27. The largest absolute Gasteiger partial charge is 0.367 e. The summed E-state index contributed by atoms with van der Waals surface area (Å²) in [5.41, 5.74) is 2.08. The molecule has 0 aliphatic heterocycles. The van der Waals surface area contributed by atoms with E-state index in [2.05, 4.69) is 22.2 Å². The molecular formula is C21H29N3O2S. The van der Waals surface area contributed by atoms with Gasteiger partial charge in [-0.2, -0.15) is 0 Å². The third kappa shape index (κ3) is 5.53. The fourth-order valence-electron chi connectivity index (χ4n) is 3.41. The van der Waals surface area contributed by atoms with Crippen LogP contribution in [0.5, 0.6) is 0 Å². The number of aromatic nitrogens is 1. The lowest BCUT2D eigenvalue weighted by molar-refractivity contribution is 0.336. The lowest BCUT2D eigenvalue weighted by Gasteiger charge is -2.29. The van der Waals surface area contributed by atoms with E-state index < -0.39 is 10.0 Å². The predicted octanol–water partition coefficient (Wildman–Crippen LogP) is 4.05. The highest BCUT2D eigenvalue weighted by atomic mass is 32.2. The van der Waals surface area contributed by atoms with Crippen molar-refractivity contribution in [3.63, 3.8) is 0 Å². The van der Waals surface area contributed by atoms with Gasteiger partial charge in [0.2, 0.25) is 10.0 Å². The van der Waals surface area contributed by atoms with Gasteiger partial charge in [0.1, 0.15) is 5.82 Å². The van der Waals surface area contributed by atoms with Crippen molar-refractivity contribution in [3.05, 3.63) is 48.5 Å². The second kappa shape index (κ2) is 8.85. The van der Waals surface area contributed by atoms with Gasteiger partial charge in [-0.25, -0.2) is 18.1 Å². The van der Waals surface area contributed by atoms with Gasteiger partial charge in [0.15, 0.2) is 0 Å². The maximum Gasteiger partial charge on any atom is 0.213 e. The minimum absolute atomic E-state index is 0.376. The van der Waals surface area contributed by atoms with Crippen molar-refractivity contribution < 1.29 is 8.42 Å². The van der Waals surface area contributed by atoms with E-state index in [0.717, 1.165) is 42.8 Å². The van der Waals surface area contributed by atoms with Gasteiger partial charge < -0.3 is 5.32 Å². The quantitative estimate of drug-likeness (QED) is 0.752. The van der Waals surface area contributed by atoms with Crippen LogP contribution in [0, 0.1) is 5.92 Å². The molecule has 1 aliphatic rings. The molecule has 5 nitrogen and oxygen atoms in total. The molecule has 0 amide bonds. The Kier molecular flexibility index (Phi) is 6.50. The van der Waals surface area contributed by atoms with Gasteiger partial charge in [0.05, 0.1) is 10.9 Å². The monoisotopic (exact) mass is 387 g/mol. The van der Waals surface area contributed by atoms with Crippen LogP contribution in [-0.2, 0) is 10.0 Å². The second-order valence-electron chi connectivity index (χ2n) is 7.58. The first-order valence-electron chi connectivity index (χ1n) is 9.71. The van der Waals surface area contributed by atoms with Crippen LogP contribution in [-0.4, -0.2) is 31.2 Å². The van der Waals surface area contributed by atoms with E-state index in [4.69, 9.17) is 4.98 Å². The fraction of sp³-hybridized carbons (Fsp3) is 0.476.